The molecule has 1 aromatic heterocycles. The molecule has 0 atom stereocenters. The first-order valence-corrected chi connectivity index (χ1v) is 5.87. The number of aryl methyl sites for hydroxylation is 1. The summed E-state index contributed by atoms with van der Waals surface area (Å²) in [5.41, 5.74) is 4.08. The van der Waals surface area contributed by atoms with Crippen molar-refractivity contribution in [2.75, 3.05) is 13.1 Å². The predicted octanol–water partition coefficient (Wildman–Crippen LogP) is 1.47. The minimum atomic E-state index is -0.0428. The number of nitrogens with zero attached hydrogens (tertiary/aromatic N) is 1. The van der Waals surface area contributed by atoms with Crippen molar-refractivity contribution in [1.82, 2.24) is 14.9 Å². The Morgan fingerprint density at radius 1 is 1.35 bits per heavy atom. The van der Waals surface area contributed by atoms with Gasteiger partial charge >= 0.3 is 5.69 Å². The topological polar surface area (TPSA) is 49.8 Å². The Balaban J connectivity index is 2.25. The molecule has 0 amide bonds. The highest BCUT2D eigenvalue weighted by atomic mass is 16.1. The van der Waals surface area contributed by atoms with Crippen LogP contribution in [0.1, 0.15) is 12.0 Å². The van der Waals surface area contributed by atoms with Gasteiger partial charge in [0, 0.05) is 25.2 Å². The number of hydrogen-bond donors (Lipinski definition) is 2. The van der Waals surface area contributed by atoms with Crippen molar-refractivity contribution in [3.05, 3.63) is 40.3 Å². The van der Waals surface area contributed by atoms with Gasteiger partial charge in [0.15, 0.2) is 0 Å². The standard InChI is InChI=1S/C13H15N3O/c1-9-2-3-12-11(8-9)15-13(17)16(12)10-4-6-14-7-5-10/h2-4,8,14H,5-7H2,1H3,(H,15,17). The van der Waals surface area contributed by atoms with Gasteiger partial charge < -0.3 is 10.3 Å². The normalized spacial score (nSPS) is 16.2. The molecule has 0 bridgehead atoms. The molecule has 0 unspecified atom stereocenters. The quantitative estimate of drug-likeness (QED) is 0.778. The third kappa shape index (κ3) is 1.70. The molecule has 88 valence electrons. The van der Waals surface area contributed by atoms with Crippen LogP contribution >= 0.6 is 0 Å². The number of rotatable bonds is 1. The number of aromatic amines is 1. The molecule has 0 spiro atoms. The summed E-state index contributed by atoms with van der Waals surface area (Å²) in [6, 6.07) is 6.05. The molecular formula is C13H15N3O. The minimum absolute atomic E-state index is 0.0428. The molecule has 0 saturated heterocycles. The lowest BCUT2D eigenvalue weighted by Crippen LogP contribution is -2.25. The van der Waals surface area contributed by atoms with E-state index in [0.717, 1.165) is 41.8 Å². The summed E-state index contributed by atoms with van der Waals surface area (Å²) in [5.74, 6) is 0. The van der Waals surface area contributed by atoms with Crippen molar-refractivity contribution in [3.63, 3.8) is 0 Å². The van der Waals surface area contributed by atoms with E-state index in [0.29, 0.717) is 0 Å². The maximum atomic E-state index is 12.0. The van der Waals surface area contributed by atoms with Gasteiger partial charge in [-0.15, -0.1) is 0 Å². The van der Waals surface area contributed by atoms with E-state index in [4.69, 9.17) is 0 Å². The van der Waals surface area contributed by atoms with Gasteiger partial charge in [0.05, 0.1) is 11.0 Å². The highest BCUT2D eigenvalue weighted by Gasteiger charge is 2.12. The fourth-order valence-corrected chi connectivity index (χ4v) is 2.32. The third-order valence-electron chi connectivity index (χ3n) is 3.16. The molecule has 0 radical (unpaired) electrons. The van der Waals surface area contributed by atoms with Gasteiger partial charge in [0.25, 0.3) is 0 Å². The van der Waals surface area contributed by atoms with E-state index < -0.39 is 0 Å². The molecule has 3 rings (SSSR count). The number of benzene rings is 1. The maximum absolute atomic E-state index is 12.0. The van der Waals surface area contributed by atoms with Crippen LogP contribution in [0.2, 0.25) is 0 Å². The number of aromatic nitrogens is 2. The van der Waals surface area contributed by atoms with Crippen LogP contribution in [0.5, 0.6) is 0 Å². The van der Waals surface area contributed by atoms with Gasteiger partial charge in [-0.3, -0.25) is 4.57 Å². The van der Waals surface area contributed by atoms with Crippen LogP contribution in [0, 0.1) is 6.92 Å². The number of imidazole rings is 1. The Bertz CT molecular complexity index is 648. The molecule has 2 heterocycles. The lowest BCUT2D eigenvalue weighted by atomic mass is 10.2. The summed E-state index contributed by atoms with van der Waals surface area (Å²) in [4.78, 5) is 14.9. The van der Waals surface area contributed by atoms with Crippen LogP contribution in [-0.4, -0.2) is 22.6 Å². The van der Waals surface area contributed by atoms with Gasteiger partial charge in [0.1, 0.15) is 0 Å². The van der Waals surface area contributed by atoms with Crippen molar-refractivity contribution >= 4 is 16.7 Å². The van der Waals surface area contributed by atoms with E-state index in [2.05, 4.69) is 16.4 Å². The molecule has 4 nitrogen and oxygen atoms in total. The third-order valence-corrected chi connectivity index (χ3v) is 3.16. The van der Waals surface area contributed by atoms with E-state index in [-0.39, 0.29) is 5.69 Å². The summed E-state index contributed by atoms with van der Waals surface area (Å²) in [5, 5.41) is 3.25. The van der Waals surface area contributed by atoms with Crippen LogP contribution in [0.15, 0.2) is 29.1 Å². The van der Waals surface area contributed by atoms with Crippen LogP contribution in [0.25, 0.3) is 16.7 Å². The zero-order valence-corrected chi connectivity index (χ0v) is 9.79. The lowest BCUT2D eigenvalue weighted by Gasteiger charge is -2.14. The van der Waals surface area contributed by atoms with Gasteiger partial charge in [-0.25, -0.2) is 4.79 Å². The van der Waals surface area contributed by atoms with Gasteiger partial charge in [-0.05, 0) is 24.6 Å². The summed E-state index contributed by atoms with van der Waals surface area (Å²) in [6.07, 6.45) is 2.97. The summed E-state index contributed by atoms with van der Waals surface area (Å²) < 4.78 is 1.79. The second-order valence-corrected chi connectivity index (χ2v) is 4.44. The van der Waals surface area contributed by atoms with Gasteiger partial charge in [-0.1, -0.05) is 12.1 Å². The molecule has 0 aliphatic carbocycles. The highest BCUT2D eigenvalue weighted by molar-refractivity contribution is 5.79. The molecule has 2 aromatic rings. The molecule has 1 aromatic carbocycles. The molecular weight excluding hydrogens is 214 g/mol. The van der Waals surface area contributed by atoms with Crippen molar-refractivity contribution in [2.45, 2.75) is 13.3 Å². The molecule has 4 heteroatoms. The Morgan fingerprint density at radius 2 is 2.24 bits per heavy atom. The second kappa shape index (κ2) is 3.89. The zero-order valence-electron chi connectivity index (χ0n) is 9.79. The van der Waals surface area contributed by atoms with Crippen LogP contribution in [-0.2, 0) is 0 Å². The minimum Gasteiger partial charge on any atom is -0.313 e. The zero-order chi connectivity index (χ0) is 11.8. The van der Waals surface area contributed by atoms with E-state index in [9.17, 15) is 4.79 Å². The maximum Gasteiger partial charge on any atom is 0.330 e. The first-order chi connectivity index (χ1) is 8.25. The average molecular weight is 229 g/mol. The van der Waals surface area contributed by atoms with E-state index in [1.54, 1.807) is 4.57 Å². The van der Waals surface area contributed by atoms with E-state index in [1.807, 2.05) is 25.1 Å². The van der Waals surface area contributed by atoms with E-state index in [1.165, 1.54) is 0 Å². The number of nitrogens with one attached hydrogen (secondary N) is 2. The number of fused-ring (bicyclic) bond motifs is 1. The molecule has 0 fully saturated rings. The monoisotopic (exact) mass is 229 g/mol. The van der Waals surface area contributed by atoms with Gasteiger partial charge in [0.2, 0.25) is 0 Å². The fourth-order valence-electron chi connectivity index (χ4n) is 2.32. The van der Waals surface area contributed by atoms with Crippen LogP contribution < -0.4 is 11.0 Å². The van der Waals surface area contributed by atoms with Crippen molar-refractivity contribution in [2.24, 2.45) is 0 Å². The Morgan fingerprint density at radius 3 is 3.00 bits per heavy atom. The fraction of sp³-hybridized carbons (Fsp3) is 0.308. The molecule has 1 aliphatic heterocycles. The van der Waals surface area contributed by atoms with E-state index >= 15 is 0 Å². The number of hydrogen-bond acceptors (Lipinski definition) is 2. The number of H-pyrrole nitrogens is 1. The van der Waals surface area contributed by atoms with Crippen LogP contribution in [0.3, 0.4) is 0 Å². The SMILES string of the molecule is Cc1ccc2c(c1)[nH]c(=O)n2C1=CCNCC1. The van der Waals surface area contributed by atoms with Crippen LogP contribution in [0.4, 0.5) is 0 Å². The largest absolute Gasteiger partial charge is 0.330 e. The summed E-state index contributed by atoms with van der Waals surface area (Å²) in [6.45, 7) is 3.79. The first kappa shape index (κ1) is 10.4. The average Bonchev–Trinajstić information content (AvgIpc) is 2.65. The Labute approximate surface area is 99.0 Å². The van der Waals surface area contributed by atoms with Crippen molar-refractivity contribution in [3.8, 4) is 0 Å². The van der Waals surface area contributed by atoms with Gasteiger partial charge in [-0.2, -0.15) is 0 Å². The molecule has 2 N–H and O–H groups in total. The highest BCUT2D eigenvalue weighted by Crippen LogP contribution is 2.18. The first-order valence-electron chi connectivity index (χ1n) is 5.87. The second-order valence-electron chi connectivity index (χ2n) is 4.44. The molecule has 1 aliphatic rings. The molecule has 0 saturated carbocycles. The van der Waals surface area contributed by atoms with Crippen molar-refractivity contribution in [1.29, 1.82) is 0 Å². The Hall–Kier alpha value is -1.81. The predicted molar refractivity (Wildman–Crippen MR) is 69.1 cm³/mol. The Kier molecular flexibility index (Phi) is 2.37. The van der Waals surface area contributed by atoms with Crippen molar-refractivity contribution < 1.29 is 0 Å². The smallest absolute Gasteiger partial charge is 0.313 e. The lowest BCUT2D eigenvalue weighted by molar-refractivity contribution is 0.716. The summed E-state index contributed by atoms with van der Waals surface area (Å²) in [7, 11) is 0. The molecule has 17 heavy (non-hydrogen) atoms. The summed E-state index contributed by atoms with van der Waals surface area (Å²) >= 11 is 0.